The molecule has 0 unspecified atom stereocenters. The predicted octanol–water partition coefficient (Wildman–Crippen LogP) is 2.29. The summed E-state index contributed by atoms with van der Waals surface area (Å²) in [6, 6.07) is 0. The van der Waals surface area contributed by atoms with E-state index in [1.54, 1.807) is 0 Å². The monoisotopic (exact) mass is 226 g/mol. The molecule has 0 aliphatic heterocycles. The van der Waals surface area contributed by atoms with E-state index in [4.69, 9.17) is 5.41 Å². The molecule has 4 nitrogen and oxygen atoms in total. The van der Waals surface area contributed by atoms with Crippen LogP contribution in [0.1, 0.15) is 37.3 Å². The average molecular weight is 226 g/mol. The van der Waals surface area contributed by atoms with Crippen LogP contribution in [0.4, 0.5) is 0 Å². The van der Waals surface area contributed by atoms with Crippen LogP contribution in [0.3, 0.4) is 0 Å². The lowest BCUT2D eigenvalue weighted by Crippen LogP contribution is -2.32. The molecule has 0 saturated carbocycles. The summed E-state index contributed by atoms with van der Waals surface area (Å²) in [6.07, 6.45) is 2.13. The fourth-order valence-corrected chi connectivity index (χ4v) is 2.10. The van der Waals surface area contributed by atoms with Crippen LogP contribution >= 0.6 is 11.5 Å². The number of amidine groups is 1. The third kappa shape index (κ3) is 2.99. The van der Waals surface area contributed by atoms with Crippen LogP contribution in [-0.2, 0) is 0 Å². The second-order valence-corrected chi connectivity index (χ2v) is 4.28. The van der Waals surface area contributed by atoms with Gasteiger partial charge in [0.05, 0.1) is 5.69 Å². The smallest absolute Gasteiger partial charge is 0.141 e. The number of rotatable bonds is 5. The van der Waals surface area contributed by atoms with Crippen LogP contribution in [0.15, 0.2) is 0 Å². The van der Waals surface area contributed by atoms with Crippen LogP contribution in [0.25, 0.3) is 0 Å². The van der Waals surface area contributed by atoms with E-state index in [2.05, 4.69) is 28.3 Å². The molecule has 0 atom stereocenters. The van der Waals surface area contributed by atoms with Gasteiger partial charge in [0, 0.05) is 13.1 Å². The molecule has 1 N–H and O–H groups in total. The van der Waals surface area contributed by atoms with Crippen LogP contribution in [0.2, 0.25) is 0 Å². The van der Waals surface area contributed by atoms with E-state index in [0.717, 1.165) is 36.5 Å². The molecule has 0 fully saturated rings. The van der Waals surface area contributed by atoms with Crippen molar-refractivity contribution in [3.63, 3.8) is 0 Å². The van der Waals surface area contributed by atoms with Crippen molar-refractivity contribution >= 4 is 17.4 Å². The normalized spacial score (nSPS) is 10.3. The van der Waals surface area contributed by atoms with Gasteiger partial charge in [0.25, 0.3) is 0 Å². The number of aryl methyl sites for hydroxylation is 1. The van der Waals surface area contributed by atoms with E-state index in [-0.39, 0.29) is 0 Å². The largest absolute Gasteiger partial charge is 0.356 e. The zero-order valence-corrected chi connectivity index (χ0v) is 10.4. The van der Waals surface area contributed by atoms with E-state index in [1.807, 2.05) is 6.92 Å². The molecule has 1 heterocycles. The number of nitrogens with one attached hydrogen (secondary N) is 1. The molecule has 84 valence electrons. The maximum Gasteiger partial charge on any atom is 0.141 e. The summed E-state index contributed by atoms with van der Waals surface area (Å²) in [7, 11) is 0. The van der Waals surface area contributed by atoms with Crippen molar-refractivity contribution in [2.45, 2.75) is 33.6 Å². The Hall–Kier alpha value is -0.970. The molecule has 1 aromatic heterocycles. The summed E-state index contributed by atoms with van der Waals surface area (Å²) in [5.74, 6) is 0.575. The molecule has 0 aromatic carbocycles. The standard InChI is InChI=1S/C10H18N4S/c1-4-6-14(7-5-2)10(11)9-8(3)12-13-15-9/h11H,4-7H2,1-3H3. The first-order valence-corrected chi connectivity index (χ1v) is 6.10. The summed E-state index contributed by atoms with van der Waals surface area (Å²) in [4.78, 5) is 3.00. The summed E-state index contributed by atoms with van der Waals surface area (Å²) in [5.41, 5.74) is 0.863. The highest BCUT2D eigenvalue weighted by atomic mass is 32.1. The van der Waals surface area contributed by atoms with E-state index in [1.165, 1.54) is 11.5 Å². The van der Waals surface area contributed by atoms with Gasteiger partial charge in [-0.3, -0.25) is 5.41 Å². The number of aromatic nitrogens is 2. The Kier molecular flexibility index (Phi) is 4.68. The molecule has 0 saturated heterocycles. The molecule has 0 spiro atoms. The zero-order chi connectivity index (χ0) is 11.3. The molecule has 0 aliphatic carbocycles. The SMILES string of the molecule is CCCN(CCC)C(=N)c1snnc1C. The summed E-state index contributed by atoms with van der Waals surface area (Å²) in [6.45, 7) is 8.04. The lowest BCUT2D eigenvalue weighted by Gasteiger charge is -2.23. The highest BCUT2D eigenvalue weighted by Crippen LogP contribution is 2.13. The lowest BCUT2D eigenvalue weighted by atomic mass is 10.3. The van der Waals surface area contributed by atoms with Crippen molar-refractivity contribution < 1.29 is 0 Å². The van der Waals surface area contributed by atoms with Gasteiger partial charge < -0.3 is 4.90 Å². The molecular formula is C10H18N4S. The highest BCUT2D eigenvalue weighted by molar-refractivity contribution is 7.08. The topological polar surface area (TPSA) is 52.9 Å². The minimum absolute atomic E-state index is 0.575. The van der Waals surface area contributed by atoms with E-state index < -0.39 is 0 Å². The van der Waals surface area contributed by atoms with Gasteiger partial charge in [-0.2, -0.15) is 0 Å². The van der Waals surface area contributed by atoms with E-state index in [9.17, 15) is 0 Å². The minimum Gasteiger partial charge on any atom is -0.356 e. The molecule has 1 rings (SSSR count). The summed E-state index contributed by atoms with van der Waals surface area (Å²) < 4.78 is 3.87. The van der Waals surface area contributed by atoms with Crippen LogP contribution < -0.4 is 0 Å². The van der Waals surface area contributed by atoms with Gasteiger partial charge in [-0.15, -0.1) is 5.10 Å². The minimum atomic E-state index is 0.575. The van der Waals surface area contributed by atoms with Gasteiger partial charge in [-0.25, -0.2) is 0 Å². The van der Waals surface area contributed by atoms with Crippen molar-refractivity contribution in [3.05, 3.63) is 10.6 Å². The van der Waals surface area contributed by atoms with Crippen molar-refractivity contribution in [2.75, 3.05) is 13.1 Å². The Balaban J connectivity index is 2.76. The van der Waals surface area contributed by atoms with Gasteiger partial charge in [0.2, 0.25) is 0 Å². The number of hydrogen-bond acceptors (Lipinski definition) is 4. The molecular weight excluding hydrogens is 208 g/mol. The fraction of sp³-hybridized carbons (Fsp3) is 0.700. The molecule has 15 heavy (non-hydrogen) atoms. The quantitative estimate of drug-likeness (QED) is 0.619. The zero-order valence-electron chi connectivity index (χ0n) is 9.58. The Bertz CT molecular complexity index is 315. The van der Waals surface area contributed by atoms with Crippen LogP contribution in [0, 0.1) is 12.3 Å². The molecule has 1 aromatic rings. The summed E-state index contributed by atoms with van der Waals surface area (Å²) >= 11 is 1.31. The third-order valence-corrected chi connectivity index (χ3v) is 3.00. The van der Waals surface area contributed by atoms with E-state index in [0.29, 0.717) is 5.84 Å². The highest BCUT2D eigenvalue weighted by Gasteiger charge is 2.15. The summed E-state index contributed by atoms with van der Waals surface area (Å²) in [5, 5.41) is 12.0. The lowest BCUT2D eigenvalue weighted by molar-refractivity contribution is 0.415. The fourth-order valence-electron chi connectivity index (χ4n) is 1.47. The molecule has 0 amide bonds. The van der Waals surface area contributed by atoms with Crippen molar-refractivity contribution in [2.24, 2.45) is 0 Å². The molecule has 0 radical (unpaired) electrons. The predicted molar refractivity (Wildman–Crippen MR) is 63.6 cm³/mol. The van der Waals surface area contributed by atoms with Gasteiger partial charge in [-0.05, 0) is 31.3 Å². The van der Waals surface area contributed by atoms with Crippen LogP contribution in [-0.4, -0.2) is 33.4 Å². The van der Waals surface area contributed by atoms with Gasteiger partial charge in [0.1, 0.15) is 10.7 Å². The van der Waals surface area contributed by atoms with Gasteiger partial charge >= 0.3 is 0 Å². The number of nitrogens with zero attached hydrogens (tertiary/aromatic N) is 3. The van der Waals surface area contributed by atoms with Crippen LogP contribution in [0.5, 0.6) is 0 Å². The first-order chi connectivity index (χ1) is 7.20. The first kappa shape index (κ1) is 12.1. The second kappa shape index (κ2) is 5.80. The Morgan fingerprint density at radius 1 is 1.33 bits per heavy atom. The third-order valence-electron chi connectivity index (χ3n) is 2.17. The molecule has 0 bridgehead atoms. The van der Waals surface area contributed by atoms with Gasteiger partial charge in [0.15, 0.2) is 0 Å². The maximum atomic E-state index is 8.11. The Labute approximate surface area is 95.0 Å². The number of hydrogen-bond donors (Lipinski definition) is 1. The van der Waals surface area contributed by atoms with Crippen molar-refractivity contribution in [3.8, 4) is 0 Å². The maximum absolute atomic E-state index is 8.11. The Morgan fingerprint density at radius 3 is 2.33 bits per heavy atom. The van der Waals surface area contributed by atoms with Crippen molar-refractivity contribution in [1.82, 2.24) is 14.5 Å². The molecule has 0 aliphatic rings. The molecule has 5 heteroatoms. The van der Waals surface area contributed by atoms with Crippen molar-refractivity contribution in [1.29, 1.82) is 5.41 Å². The Morgan fingerprint density at radius 2 is 1.93 bits per heavy atom. The average Bonchev–Trinajstić information content (AvgIpc) is 2.63. The first-order valence-electron chi connectivity index (χ1n) is 5.33. The second-order valence-electron chi connectivity index (χ2n) is 3.52. The van der Waals surface area contributed by atoms with E-state index >= 15 is 0 Å². The van der Waals surface area contributed by atoms with Gasteiger partial charge in [-0.1, -0.05) is 18.3 Å².